The van der Waals surface area contributed by atoms with Gasteiger partial charge in [0.05, 0.1) is 23.5 Å². The summed E-state index contributed by atoms with van der Waals surface area (Å²) in [5.41, 5.74) is 6.81. The Hall–Kier alpha value is -1.65. The van der Waals surface area contributed by atoms with Gasteiger partial charge in [0.25, 0.3) is 0 Å². The number of aryl methyl sites for hydroxylation is 1. The zero-order valence-corrected chi connectivity index (χ0v) is 11.6. The van der Waals surface area contributed by atoms with Crippen molar-refractivity contribution >= 4 is 16.6 Å². The van der Waals surface area contributed by atoms with E-state index in [9.17, 15) is 0 Å². The minimum Gasteiger partial charge on any atom is -0.378 e. The molecule has 3 N–H and O–H groups in total. The molecule has 0 saturated carbocycles. The highest BCUT2D eigenvalue weighted by Crippen LogP contribution is 2.24. The van der Waals surface area contributed by atoms with Gasteiger partial charge in [0.2, 0.25) is 0 Å². The van der Waals surface area contributed by atoms with Gasteiger partial charge in [-0.3, -0.25) is 10.8 Å². The van der Waals surface area contributed by atoms with Crippen LogP contribution in [0.4, 0.5) is 5.69 Å². The lowest BCUT2D eigenvalue weighted by atomic mass is 10.0. The van der Waals surface area contributed by atoms with Crippen LogP contribution in [0, 0.1) is 0 Å². The summed E-state index contributed by atoms with van der Waals surface area (Å²) in [6.45, 7) is 2.69. The molecule has 0 aliphatic rings. The van der Waals surface area contributed by atoms with Crippen LogP contribution in [0.5, 0.6) is 0 Å². The Kier molecular flexibility index (Phi) is 4.71. The highest BCUT2D eigenvalue weighted by molar-refractivity contribution is 5.91. The number of benzene rings is 1. The Morgan fingerprint density at radius 2 is 2.16 bits per heavy atom. The zero-order chi connectivity index (χ0) is 13.7. The quantitative estimate of drug-likeness (QED) is 0.618. The molecular weight excluding hydrogens is 238 g/mol. The van der Waals surface area contributed by atoms with Gasteiger partial charge in [0.15, 0.2) is 0 Å². The summed E-state index contributed by atoms with van der Waals surface area (Å²) in [4.78, 5) is 4.57. The monoisotopic (exact) mass is 259 g/mol. The molecule has 0 atom stereocenters. The number of nitrogen functional groups attached to an aromatic ring is 1. The van der Waals surface area contributed by atoms with Gasteiger partial charge >= 0.3 is 0 Å². The Balaban J connectivity index is 2.43. The van der Waals surface area contributed by atoms with Gasteiger partial charge < -0.3 is 10.2 Å². The van der Waals surface area contributed by atoms with Crippen molar-refractivity contribution in [1.82, 2.24) is 4.98 Å². The molecule has 102 valence electrons. The molecule has 0 fully saturated rings. The van der Waals surface area contributed by atoms with E-state index in [1.54, 1.807) is 7.11 Å². The lowest BCUT2D eigenvalue weighted by Gasteiger charge is -2.10. The molecular formula is C15H21N3O. The van der Waals surface area contributed by atoms with Crippen LogP contribution in [-0.2, 0) is 17.8 Å². The van der Waals surface area contributed by atoms with E-state index in [0.717, 1.165) is 28.7 Å². The molecule has 4 nitrogen and oxygen atoms in total. The van der Waals surface area contributed by atoms with Gasteiger partial charge in [-0.05, 0) is 36.6 Å². The zero-order valence-electron chi connectivity index (χ0n) is 11.6. The van der Waals surface area contributed by atoms with Gasteiger partial charge in [-0.25, -0.2) is 0 Å². The number of rotatable bonds is 6. The summed E-state index contributed by atoms with van der Waals surface area (Å²) >= 11 is 0. The molecule has 1 heterocycles. The maximum absolute atomic E-state index is 5.61. The van der Waals surface area contributed by atoms with Crippen LogP contribution < -0.4 is 11.3 Å². The number of hydrogen-bond donors (Lipinski definition) is 2. The van der Waals surface area contributed by atoms with E-state index in [1.165, 1.54) is 18.4 Å². The summed E-state index contributed by atoms with van der Waals surface area (Å²) in [5.74, 6) is 5.61. The summed E-state index contributed by atoms with van der Waals surface area (Å²) in [6, 6.07) is 8.31. The molecule has 0 aliphatic carbocycles. The number of hydrogen-bond acceptors (Lipinski definition) is 4. The number of nitrogens with two attached hydrogens (primary N) is 1. The van der Waals surface area contributed by atoms with Gasteiger partial charge in [-0.2, -0.15) is 0 Å². The van der Waals surface area contributed by atoms with E-state index in [1.807, 2.05) is 6.07 Å². The summed E-state index contributed by atoms with van der Waals surface area (Å²) < 4.78 is 5.12. The second-order valence-electron chi connectivity index (χ2n) is 4.69. The lowest BCUT2D eigenvalue weighted by molar-refractivity contribution is 0.182. The van der Waals surface area contributed by atoms with Gasteiger partial charge in [-0.1, -0.05) is 19.4 Å². The first-order valence-corrected chi connectivity index (χ1v) is 6.66. The summed E-state index contributed by atoms with van der Waals surface area (Å²) in [7, 11) is 1.66. The van der Waals surface area contributed by atoms with Crippen molar-refractivity contribution in [2.24, 2.45) is 5.84 Å². The van der Waals surface area contributed by atoms with Crippen molar-refractivity contribution < 1.29 is 4.74 Å². The van der Waals surface area contributed by atoms with E-state index in [0.29, 0.717) is 6.61 Å². The highest BCUT2D eigenvalue weighted by atomic mass is 16.5. The molecule has 0 bridgehead atoms. The third kappa shape index (κ3) is 3.22. The molecule has 2 rings (SSSR count). The van der Waals surface area contributed by atoms with E-state index < -0.39 is 0 Å². The van der Waals surface area contributed by atoms with Gasteiger partial charge in [0, 0.05) is 12.5 Å². The summed E-state index contributed by atoms with van der Waals surface area (Å²) in [6.07, 6.45) is 3.49. The molecule has 0 spiro atoms. The number of methoxy groups -OCH3 is 1. The van der Waals surface area contributed by atoms with Crippen LogP contribution in [0.15, 0.2) is 24.3 Å². The highest BCUT2D eigenvalue weighted by Gasteiger charge is 2.06. The molecule has 1 aromatic carbocycles. The van der Waals surface area contributed by atoms with E-state index >= 15 is 0 Å². The van der Waals surface area contributed by atoms with Gasteiger partial charge in [-0.15, -0.1) is 0 Å². The first kappa shape index (κ1) is 13.8. The fourth-order valence-corrected chi connectivity index (χ4v) is 2.21. The SMILES string of the molecule is CCCCc1ccc2nc(COC)cc(NN)c2c1. The molecule has 0 amide bonds. The lowest BCUT2D eigenvalue weighted by Crippen LogP contribution is -2.09. The van der Waals surface area contributed by atoms with Crippen LogP contribution in [0.2, 0.25) is 0 Å². The number of pyridine rings is 1. The topological polar surface area (TPSA) is 60.2 Å². The second kappa shape index (κ2) is 6.50. The Labute approximate surface area is 113 Å². The number of aromatic nitrogens is 1. The van der Waals surface area contributed by atoms with E-state index in [-0.39, 0.29) is 0 Å². The van der Waals surface area contributed by atoms with Crippen molar-refractivity contribution in [3.8, 4) is 0 Å². The maximum atomic E-state index is 5.61. The fourth-order valence-electron chi connectivity index (χ4n) is 2.21. The minimum atomic E-state index is 0.488. The maximum Gasteiger partial charge on any atom is 0.0885 e. The molecule has 0 saturated heterocycles. The Morgan fingerprint density at radius 3 is 2.84 bits per heavy atom. The number of ether oxygens (including phenoxy) is 1. The average molecular weight is 259 g/mol. The third-order valence-corrected chi connectivity index (χ3v) is 3.19. The fraction of sp³-hybridized carbons (Fsp3) is 0.400. The molecule has 0 radical (unpaired) electrons. The predicted molar refractivity (Wildman–Crippen MR) is 78.9 cm³/mol. The number of fused-ring (bicyclic) bond motifs is 1. The number of anilines is 1. The van der Waals surface area contributed by atoms with Crippen LogP contribution in [0.1, 0.15) is 31.0 Å². The molecule has 1 aromatic heterocycles. The van der Waals surface area contributed by atoms with Crippen molar-refractivity contribution in [3.63, 3.8) is 0 Å². The second-order valence-corrected chi connectivity index (χ2v) is 4.69. The standard InChI is InChI=1S/C15H21N3O/c1-3-4-5-11-6-7-14-13(8-11)15(18-16)9-12(17-14)10-19-2/h6-9H,3-5,10,16H2,1-2H3,(H,17,18). The molecule has 2 aromatic rings. The molecule has 4 heteroatoms. The van der Waals surface area contributed by atoms with Crippen LogP contribution in [0.3, 0.4) is 0 Å². The number of nitrogens with one attached hydrogen (secondary N) is 1. The molecule has 0 unspecified atom stereocenters. The number of nitrogens with zero attached hydrogens (tertiary/aromatic N) is 1. The summed E-state index contributed by atoms with van der Waals surface area (Å²) in [5, 5.41) is 1.07. The number of hydrazine groups is 1. The number of unbranched alkanes of at least 4 members (excludes halogenated alkanes) is 1. The normalized spacial score (nSPS) is 10.9. The first-order valence-electron chi connectivity index (χ1n) is 6.66. The van der Waals surface area contributed by atoms with Crippen LogP contribution in [0.25, 0.3) is 10.9 Å². The van der Waals surface area contributed by atoms with Crippen LogP contribution >= 0.6 is 0 Å². The van der Waals surface area contributed by atoms with Crippen molar-refractivity contribution in [1.29, 1.82) is 0 Å². The van der Waals surface area contributed by atoms with Crippen molar-refractivity contribution in [3.05, 3.63) is 35.5 Å². The van der Waals surface area contributed by atoms with Crippen LogP contribution in [-0.4, -0.2) is 12.1 Å². The smallest absolute Gasteiger partial charge is 0.0885 e. The van der Waals surface area contributed by atoms with E-state index in [4.69, 9.17) is 10.6 Å². The Bertz CT molecular complexity index is 554. The molecule has 19 heavy (non-hydrogen) atoms. The third-order valence-electron chi connectivity index (χ3n) is 3.19. The minimum absolute atomic E-state index is 0.488. The first-order chi connectivity index (χ1) is 9.28. The van der Waals surface area contributed by atoms with Crippen molar-refractivity contribution in [2.75, 3.05) is 12.5 Å². The largest absolute Gasteiger partial charge is 0.378 e. The molecule has 0 aliphatic heterocycles. The van der Waals surface area contributed by atoms with Crippen molar-refractivity contribution in [2.45, 2.75) is 32.8 Å². The Morgan fingerprint density at radius 1 is 1.32 bits per heavy atom. The predicted octanol–water partition coefficient (Wildman–Crippen LogP) is 3.01. The van der Waals surface area contributed by atoms with Gasteiger partial charge in [0.1, 0.15) is 0 Å². The van der Waals surface area contributed by atoms with E-state index in [2.05, 4.69) is 35.5 Å². The average Bonchev–Trinajstić information content (AvgIpc) is 2.44.